The van der Waals surface area contributed by atoms with Gasteiger partial charge in [0.2, 0.25) is 0 Å². The predicted octanol–water partition coefficient (Wildman–Crippen LogP) is 1.13. The van der Waals surface area contributed by atoms with E-state index in [0.717, 1.165) is 11.3 Å². The first-order valence-corrected chi connectivity index (χ1v) is 4.25. The third kappa shape index (κ3) is 1.73. The first-order valence-electron chi connectivity index (χ1n) is 4.25. The number of nitrogens with two attached hydrogens (primary N) is 1. The summed E-state index contributed by atoms with van der Waals surface area (Å²) in [6, 6.07) is 4.43. The van der Waals surface area contributed by atoms with Gasteiger partial charge in [-0.2, -0.15) is 0 Å². The predicted molar refractivity (Wildman–Crippen MR) is 49.9 cm³/mol. The van der Waals surface area contributed by atoms with Crippen molar-refractivity contribution < 1.29 is 9.23 Å². The average molecular weight is 195 g/mol. The molecule has 0 saturated carbocycles. The van der Waals surface area contributed by atoms with Crippen LogP contribution in [-0.2, 0) is 11.3 Å². The lowest BCUT2D eigenvalue weighted by Crippen LogP contribution is -2.04. The van der Waals surface area contributed by atoms with Gasteiger partial charge in [-0.25, -0.2) is 15.3 Å². The van der Waals surface area contributed by atoms with Crippen molar-refractivity contribution in [3.05, 3.63) is 29.8 Å². The van der Waals surface area contributed by atoms with Crippen LogP contribution in [0.2, 0.25) is 0 Å². The fourth-order valence-corrected chi connectivity index (χ4v) is 1.31. The Morgan fingerprint density at radius 2 is 2.36 bits per heavy atom. The van der Waals surface area contributed by atoms with Crippen LogP contribution in [0.1, 0.15) is 5.82 Å². The highest BCUT2D eigenvalue weighted by Gasteiger charge is 2.02. The summed E-state index contributed by atoms with van der Waals surface area (Å²) in [4.78, 5) is 11.6. The number of aromatic nitrogens is 2. The monoisotopic (exact) mass is 195 g/mol. The quantitative estimate of drug-likeness (QED) is 0.722. The Morgan fingerprint density at radius 3 is 3.14 bits per heavy atom. The standard InChI is InChI=1S/C9H10FN3O/c10-6-1-2-7-8(5-6)13-9(12-7)3-4-14-11/h1-2,5H,3-4,11H2,(H,12,13). The van der Waals surface area contributed by atoms with Crippen molar-refractivity contribution >= 4 is 11.0 Å². The zero-order valence-electron chi connectivity index (χ0n) is 7.46. The van der Waals surface area contributed by atoms with Gasteiger partial charge >= 0.3 is 0 Å². The Kier molecular flexibility index (Phi) is 2.43. The Bertz CT molecular complexity index is 441. The molecule has 74 valence electrons. The molecule has 1 aromatic carbocycles. The van der Waals surface area contributed by atoms with Crippen LogP contribution in [-0.4, -0.2) is 16.6 Å². The highest BCUT2D eigenvalue weighted by molar-refractivity contribution is 5.74. The fraction of sp³-hybridized carbons (Fsp3) is 0.222. The van der Waals surface area contributed by atoms with Gasteiger partial charge in [-0.1, -0.05) is 0 Å². The van der Waals surface area contributed by atoms with Crippen molar-refractivity contribution in [1.82, 2.24) is 9.97 Å². The Balaban J connectivity index is 2.32. The maximum absolute atomic E-state index is 12.8. The van der Waals surface area contributed by atoms with Crippen molar-refractivity contribution in [2.75, 3.05) is 6.61 Å². The summed E-state index contributed by atoms with van der Waals surface area (Å²) in [6.07, 6.45) is 0.590. The van der Waals surface area contributed by atoms with Crippen LogP contribution in [0.4, 0.5) is 4.39 Å². The van der Waals surface area contributed by atoms with Gasteiger partial charge in [-0.15, -0.1) is 0 Å². The van der Waals surface area contributed by atoms with Crippen molar-refractivity contribution in [3.8, 4) is 0 Å². The Morgan fingerprint density at radius 1 is 1.50 bits per heavy atom. The van der Waals surface area contributed by atoms with Crippen molar-refractivity contribution in [2.24, 2.45) is 5.90 Å². The van der Waals surface area contributed by atoms with E-state index in [2.05, 4.69) is 14.8 Å². The van der Waals surface area contributed by atoms with Gasteiger partial charge in [-0.3, -0.25) is 0 Å². The molecule has 1 aromatic heterocycles. The lowest BCUT2D eigenvalue weighted by molar-refractivity contribution is 0.140. The second kappa shape index (κ2) is 3.73. The van der Waals surface area contributed by atoms with E-state index < -0.39 is 0 Å². The number of rotatable bonds is 3. The van der Waals surface area contributed by atoms with Gasteiger partial charge in [-0.05, 0) is 18.2 Å². The van der Waals surface area contributed by atoms with E-state index in [-0.39, 0.29) is 5.82 Å². The van der Waals surface area contributed by atoms with Crippen LogP contribution in [0.3, 0.4) is 0 Å². The molecule has 0 fully saturated rings. The minimum Gasteiger partial charge on any atom is -0.342 e. The van der Waals surface area contributed by atoms with Crippen LogP contribution in [0.25, 0.3) is 11.0 Å². The minimum absolute atomic E-state index is 0.275. The number of halogens is 1. The number of hydrogen-bond acceptors (Lipinski definition) is 3. The number of H-pyrrole nitrogens is 1. The van der Waals surface area contributed by atoms with Gasteiger partial charge in [0.15, 0.2) is 0 Å². The molecule has 0 amide bonds. The second-order valence-corrected chi connectivity index (χ2v) is 2.97. The van der Waals surface area contributed by atoms with E-state index in [4.69, 9.17) is 5.90 Å². The molecular formula is C9H10FN3O. The van der Waals surface area contributed by atoms with Gasteiger partial charge < -0.3 is 9.82 Å². The van der Waals surface area contributed by atoms with Gasteiger partial charge in [0.1, 0.15) is 11.6 Å². The summed E-state index contributed by atoms with van der Waals surface area (Å²) in [6.45, 7) is 0.391. The normalized spacial score (nSPS) is 11.0. The van der Waals surface area contributed by atoms with Crippen molar-refractivity contribution in [1.29, 1.82) is 0 Å². The van der Waals surface area contributed by atoms with Crippen LogP contribution in [0.5, 0.6) is 0 Å². The number of fused-ring (bicyclic) bond motifs is 1. The summed E-state index contributed by atoms with van der Waals surface area (Å²) < 4.78 is 12.8. The number of benzene rings is 1. The molecule has 4 nitrogen and oxygen atoms in total. The van der Waals surface area contributed by atoms with Crippen molar-refractivity contribution in [3.63, 3.8) is 0 Å². The molecule has 0 bridgehead atoms. The molecule has 0 atom stereocenters. The molecule has 3 N–H and O–H groups in total. The van der Waals surface area contributed by atoms with Crippen LogP contribution in [0.15, 0.2) is 18.2 Å². The molecular weight excluding hydrogens is 185 g/mol. The highest BCUT2D eigenvalue weighted by Crippen LogP contribution is 2.12. The number of hydrogen-bond donors (Lipinski definition) is 2. The van der Waals surface area contributed by atoms with E-state index in [1.807, 2.05) is 0 Å². The summed E-state index contributed by atoms with van der Waals surface area (Å²) in [5.41, 5.74) is 1.44. The van der Waals surface area contributed by atoms with Crippen LogP contribution >= 0.6 is 0 Å². The molecule has 2 aromatic rings. The number of aromatic amines is 1. The molecule has 0 saturated heterocycles. The lowest BCUT2D eigenvalue weighted by Gasteiger charge is -1.92. The fourth-order valence-electron chi connectivity index (χ4n) is 1.31. The van der Waals surface area contributed by atoms with E-state index in [1.54, 1.807) is 6.07 Å². The topological polar surface area (TPSA) is 63.9 Å². The van der Waals surface area contributed by atoms with E-state index in [1.165, 1.54) is 12.1 Å². The van der Waals surface area contributed by atoms with E-state index >= 15 is 0 Å². The summed E-state index contributed by atoms with van der Waals surface area (Å²) >= 11 is 0. The first kappa shape index (κ1) is 9.11. The zero-order valence-corrected chi connectivity index (χ0v) is 7.46. The Labute approximate surface area is 79.8 Å². The van der Waals surface area contributed by atoms with Crippen molar-refractivity contribution in [2.45, 2.75) is 6.42 Å². The summed E-state index contributed by atoms with van der Waals surface area (Å²) in [5, 5.41) is 0. The zero-order chi connectivity index (χ0) is 9.97. The Hall–Kier alpha value is -1.46. The summed E-state index contributed by atoms with van der Waals surface area (Å²) in [7, 11) is 0. The number of nitrogens with one attached hydrogen (secondary N) is 1. The molecule has 1 heterocycles. The average Bonchev–Trinajstić information content (AvgIpc) is 2.56. The molecule has 0 radical (unpaired) electrons. The van der Waals surface area contributed by atoms with Gasteiger partial charge in [0.05, 0.1) is 17.6 Å². The number of nitrogens with zero attached hydrogens (tertiary/aromatic N) is 1. The molecule has 5 heteroatoms. The third-order valence-electron chi connectivity index (χ3n) is 1.95. The molecule has 0 aliphatic rings. The van der Waals surface area contributed by atoms with Gasteiger partial charge in [0, 0.05) is 6.42 Å². The van der Waals surface area contributed by atoms with E-state index in [0.29, 0.717) is 18.5 Å². The largest absolute Gasteiger partial charge is 0.342 e. The van der Waals surface area contributed by atoms with Crippen LogP contribution < -0.4 is 5.90 Å². The molecule has 0 unspecified atom stereocenters. The first-order chi connectivity index (χ1) is 6.79. The molecule has 2 rings (SSSR count). The lowest BCUT2D eigenvalue weighted by atomic mass is 10.3. The highest BCUT2D eigenvalue weighted by atomic mass is 19.1. The maximum Gasteiger partial charge on any atom is 0.125 e. The maximum atomic E-state index is 12.8. The SMILES string of the molecule is NOCCc1nc2ccc(F)cc2[nH]1. The molecule has 0 aliphatic carbocycles. The summed E-state index contributed by atoms with van der Waals surface area (Å²) in [5.74, 6) is 5.36. The van der Waals surface area contributed by atoms with E-state index in [9.17, 15) is 4.39 Å². The second-order valence-electron chi connectivity index (χ2n) is 2.97. The van der Waals surface area contributed by atoms with Gasteiger partial charge in [0.25, 0.3) is 0 Å². The number of imidazole rings is 1. The van der Waals surface area contributed by atoms with Crippen LogP contribution in [0, 0.1) is 5.82 Å². The molecule has 0 aliphatic heterocycles. The molecule has 14 heavy (non-hydrogen) atoms. The smallest absolute Gasteiger partial charge is 0.125 e. The third-order valence-corrected chi connectivity index (χ3v) is 1.95. The minimum atomic E-state index is -0.275. The molecule has 0 spiro atoms.